The van der Waals surface area contributed by atoms with Gasteiger partial charge in [-0.1, -0.05) is 0 Å². The standard InChI is InChI=1S/C23H21F3N2O5S/c1-22(2)20(30)28(14-4-7-16(8-5-14)34-23(24,25)26)21(31)27(22)12-13-10-19(29)33-18-11-15(32-3)6-9-17(13)18/h4-11,21,31H,12H2,1-3H3. The quantitative estimate of drug-likeness (QED) is 0.418. The van der Waals surface area contributed by atoms with E-state index in [0.29, 0.717) is 22.3 Å². The molecular formula is C23H21F3N2O5S. The predicted molar refractivity (Wildman–Crippen MR) is 121 cm³/mol. The summed E-state index contributed by atoms with van der Waals surface area (Å²) < 4.78 is 48.3. The minimum Gasteiger partial charge on any atom is -0.497 e. The summed E-state index contributed by atoms with van der Waals surface area (Å²) in [5, 5.41) is 11.7. The third kappa shape index (κ3) is 4.50. The zero-order chi connectivity index (χ0) is 24.8. The Kier molecular flexibility index (Phi) is 6.13. The number of nitrogens with zero attached hydrogens (tertiary/aromatic N) is 2. The number of halogens is 3. The Morgan fingerprint density at radius 3 is 2.41 bits per heavy atom. The molecule has 0 spiro atoms. The van der Waals surface area contributed by atoms with Crippen LogP contribution < -0.4 is 15.3 Å². The average molecular weight is 494 g/mol. The van der Waals surface area contributed by atoms with Gasteiger partial charge in [-0.2, -0.15) is 13.2 Å². The largest absolute Gasteiger partial charge is 0.497 e. The third-order valence-corrected chi connectivity index (χ3v) is 6.44. The van der Waals surface area contributed by atoms with Crippen molar-refractivity contribution in [3.63, 3.8) is 0 Å². The number of rotatable bonds is 5. The van der Waals surface area contributed by atoms with Crippen LogP contribution >= 0.6 is 11.8 Å². The minimum atomic E-state index is -4.43. The maximum atomic E-state index is 13.2. The Hall–Kier alpha value is -3.02. The van der Waals surface area contributed by atoms with Crippen LogP contribution in [-0.2, 0) is 11.3 Å². The number of aliphatic hydroxyl groups is 1. The smallest absolute Gasteiger partial charge is 0.446 e. The lowest BCUT2D eigenvalue weighted by Crippen LogP contribution is -2.45. The Balaban J connectivity index is 1.67. The molecule has 11 heteroatoms. The molecule has 1 aromatic heterocycles. The van der Waals surface area contributed by atoms with Crippen LogP contribution in [0.15, 0.2) is 62.6 Å². The molecule has 1 fully saturated rings. The molecule has 1 aliphatic heterocycles. The summed E-state index contributed by atoms with van der Waals surface area (Å²) in [6.45, 7) is 3.29. The number of amides is 1. The second-order valence-corrected chi connectivity index (χ2v) is 9.34. The molecule has 2 aromatic carbocycles. The van der Waals surface area contributed by atoms with E-state index in [4.69, 9.17) is 9.15 Å². The van der Waals surface area contributed by atoms with E-state index >= 15 is 0 Å². The number of hydrogen-bond donors (Lipinski definition) is 1. The number of ether oxygens (including phenoxy) is 1. The van der Waals surface area contributed by atoms with Crippen LogP contribution in [0.1, 0.15) is 19.4 Å². The summed E-state index contributed by atoms with van der Waals surface area (Å²) in [5.74, 6) is 0.0630. The molecule has 4 rings (SSSR count). The third-order valence-electron chi connectivity index (χ3n) is 5.70. The van der Waals surface area contributed by atoms with E-state index in [9.17, 15) is 27.9 Å². The van der Waals surface area contributed by atoms with Gasteiger partial charge >= 0.3 is 11.1 Å². The normalized spacial score (nSPS) is 18.6. The van der Waals surface area contributed by atoms with Crippen LogP contribution in [-0.4, -0.2) is 40.4 Å². The summed E-state index contributed by atoms with van der Waals surface area (Å²) in [6, 6.07) is 11.5. The maximum Gasteiger partial charge on any atom is 0.446 e. The Labute approximate surface area is 196 Å². The number of carbonyl (C=O) groups is 1. The molecule has 0 bridgehead atoms. The van der Waals surface area contributed by atoms with Crippen molar-refractivity contribution in [2.45, 2.75) is 42.7 Å². The molecule has 1 saturated heterocycles. The van der Waals surface area contributed by atoms with E-state index in [-0.39, 0.29) is 28.9 Å². The van der Waals surface area contributed by atoms with E-state index in [1.807, 2.05) is 0 Å². The molecule has 1 amide bonds. The Bertz CT molecular complexity index is 1290. The van der Waals surface area contributed by atoms with E-state index in [0.717, 1.165) is 4.90 Å². The monoisotopic (exact) mass is 494 g/mol. The van der Waals surface area contributed by atoms with Gasteiger partial charge in [0.25, 0.3) is 0 Å². The first-order valence-corrected chi connectivity index (χ1v) is 11.0. The first kappa shape index (κ1) is 24.1. The van der Waals surface area contributed by atoms with E-state index in [1.165, 1.54) is 42.3 Å². The molecule has 2 heterocycles. The highest BCUT2D eigenvalue weighted by atomic mass is 32.2. The van der Waals surface area contributed by atoms with Gasteiger partial charge in [0, 0.05) is 34.6 Å². The fourth-order valence-corrected chi connectivity index (χ4v) is 4.48. The van der Waals surface area contributed by atoms with Gasteiger partial charge in [0.2, 0.25) is 5.91 Å². The number of fused-ring (bicyclic) bond motifs is 1. The Morgan fingerprint density at radius 1 is 1.12 bits per heavy atom. The van der Waals surface area contributed by atoms with Gasteiger partial charge in [0.05, 0.1) is 12.6 Å². The zero-order valence-electron chi connectivity index (χ0n) is 18.4. The highest BCUT2D eigenvalue weighted by Crippen LogP contribution is 2.39. The lowest BCUT2D eigenvalue weighted by atomic mass is 10.0. The van der Waals surface area contributed by atoms with Crippen LogP contribution in [0.2, 0.25) is 0 Å². The maximum absolute atomic E-state index is 13.2. The van der Waals surface area contributed by atoms with Crippen molar-refractivity contribution in [2.24, 2.45) is 0 Å². The molecular weight excluding hydrogens is 473 g/mol. The average Bonchev–Trinajstić information content (AvgIpc) is 2.92. The van der Waals surface area contributed by atoms with Gasteiger partial charge in [-0.05, 0) is 67.6 Å². The molecule has 1 atom stereocenters. The van der Waals surface area contributed by atoms with Crippen molar-refractivity contribution in [1.29, 1.82) is 0 Å². The lowest BCUT2D eigenvalue weighted by Gasteiger charge is -2.30. The van der Waals surface area contributed by atoms with Crippen LogP contribution in [0.4, 0.5) is 18.9 Å². The number of hydrogen-bond acceptors (Lipinski definition) is 7. The summed E-state index contributed by atoms with van der Waals surface area (Å²) in [6.07, 6.45) is -1.41. The van der Waals surface area contributed by atoms with Crippen molar-refractivity contribution >= 4 is 34.3 Å². The predicted octanol–water partition coefficient (Wildman–Crippen LogP) is 4.32. The molecule has 180 valence electrons. The van der Waals surface area contributed by atoms with Crippen LogP contribution in [0.5, 0.6) is 5.75 Å². The number of anilines is 1. The summed E-state index contributed by atoms with van der Waals surface area (Å²) in [5.41, 5.74) is -5.11. The molecule has 0 saturated carbocycles. The molecule has 1 aliphatic rings. The number of alkyl halides is 3. The second-order valence-electron chi connectivity index (χ2n) is 8.20. The van der Waals surface area contributed by atoms with Crippen LogP contribution in [0, 0.1) is 0 Å². The minimum absolute atomic E-state index is 0.0346. The molecule has 34 heavy (non-hydrogen) atoms. The fraction of sp³-hybridized carbons (Fsp3) is 0.304. The number of thioether (sulfide) groups is 1. The van der Waals surface area contributed by atoms with E-state index in [1.54, 1.807) is 32.0 Å². The van der Waals surface area contributed by atoms with Gasteiger partial charge in [-0.25, -0.2) is 9.69 Å². The van der Waals surface area contributed by atoms with Gasteiger partial charge in [0.1, 0.15) is 11.3 Å². The topological polar surface area (TPSA) is 83.2 Å². The number of carbonyl (C=O) groups excluding carboxylic acids is 1. The van der Waals surface area contributed by atoms with Crippen LogP contribution in [0.3, 0.4) is 0 Å². The van der Waals surface area contributed by atoms with Crippen molar-refractivity contribution in [2.75, 3.05) is 12.0 Å². The highest BCUT2D eigenvalue weighted by molar-refractivity contribution is 8.00. The van der Waals surface area contributed by atoms with Crippen molar-refractivity contribution in [3.05, 3.63) is 64.5 Å². The first-order chi connectivity index (χ1) is 15.9. The molecule has 3 aromatic rings. The summed E-state index contributed by atoms with van der Waals surface area (Å²) in [7, 11) is 1.49. The Morgan fingerprint density at radius 2 is 1.79 bits per heavy atom. The number of benzene rings is 2. The first-order valence-electron chi connectivity index (χ1n) is 10.2. The fourth-order valence-electron chi connectivity index (χ4n) is 3.94. The highest BCUT2D eigenvalue weighted by Gasteiger charge is 2.52. The summed E-state index contributed by atoms with van der Waals surface area (Å²) in [4.78, 5) is 28.0. The molecule has 1 N–H and O–H groups in total. The van der Waals surface area contributed by atoms with Crippen LogP contribution in [0.25, 0.3) is 11.0 Å². The van der Waals surface area contributed by atoms with E-state index in [2.05, 4.69) is 0 Å². The van der Waals surface area contributed by atoms with Crippen molar-refractivity contribution < 1.29 is 32.2 Å². The van der Waals surface area contributed by atoms with Crippen molar-refractivity contribution in [1.82, 2.24) is 4.90 Å². The molecule has 1 unspecified atom stereocenters. The second kappa shape index (κ2) is 8.64. The van der Waals surface area contributed by atoms with E-state index < -0.39 is 28.9 Å². The molecule has 0 radical (unpaired) electrons. The SMILES string of the molecule is COc1ccc2c(CN3C(O)N(c4ccc(SC(F)(F)F)cc4)C(=O)C3(C)C)cc(=O)oc2c1. The van der Waals surface area contributed by atoms with Gasteiger partial charge in [0.15, 0.2) is 6.35 Å². The lowest BCUT2D eigenvalue weighted by molar-refractivity contribution is -0.123. The molecule has 0 aliphatic carbocycles. The molecule has 7 nitrogen and oxygen atoms in total. The number of aliphatic hydroxyl groups excluding tert-OH is 1. The van der Waals surface area contributed by atoms with Gasteiger partial charge in [-0.3, -0.25) is 9.69 Å². The zero-order valence-corrected chi connectivity index (χ0v) is 19.2. The van der Waals surface area contributed by atoms with Crippen molar-refractivity contribution in [3.8, 4) is 5.75 Å². The van der Waals surface area contributed by atoms with Gasteiger partial charge < -0.3 is 14.3 Å². The van der Waals surface area contributed by atoms with Gasteiger partial charge in [-0.15, -0.1) is 0 Å². The number of methoxy groups -OCH3 is 1. The summed E-state index contributed by atoms with van der Waals surface area (Å²) >= 11 is -0.263.